The van der Waals surface area contributed by atoms with E-state index in [9.17, 15) is 10.2 Å². The standard InChI is InChI=1S/C31H33ClFN5O3/c1-37(2)15-31(7-8-31)16-41-30-35-28-22(29(36-30)38-13-18-10-25(40)24(14-38)34-18)12-23(32)26(27(28)33)21-11-19(39)9-17-5-3-4-6-20(17)21/h3-6,9,11-12,18,24-25,34,39-40H,7-8,10,13-16H2,1-2H3/t18?,24-,25?/m1/s1. The monoisotopic (exact) mass is 577 g/mol. The third kappa shape index (κ3) is 4.84. The van der Waals surface area contributed by atoms with E-state index in [4.69, 9.17) is 21.3 Å². The minimum absolute atomic E-state index is 0.0205. The number of benzene rings is 3. The molecule has 4 aromatic rings. The van der Waals surface area contributed by atoms with Crippen molar-refractivity contribution in [2.75, 3.05) is 45.2 Å². The van der Waals surface area contributed by atoms with Gasteiger partial charge in [0.05, 0.1) is 23.8 Å². The fourth-order valence-electron chi connectivity index (χ4n) is 6.62. The summed E-state index contributed by atoms with van der Waals surface area (Å²) in [7, 11) is 4.09. The normalized spacial score (nSPS) is 23.1. The number of phenolic OH excluding ortho intramolecular Hbond substituents is 1. The van der Waals surface area contributed by atoms with E-state index in [1.54, 1.807) is 12.1 Å². The minimum atomic E-state index is -0.593. The van der Waals surface area contributed by atoms with Crippen LogP contribution in [0.2, 0.25) is 5.02 Å². The van der Waals surface area contributed by atoms with Gasteiger partial charge in [0.15, 0.2) is 5.82 Å². The molecule has 7 rings (SSSR count). The topological polar surface area (TPSA) is 94.0 Å². The van der Waals surface area contributed by atoms with Gasteiger partial charge in [0.2, 0.25) is 0 Å². The average Bonchev–Trinajstić information content (AvgIpc) is 3.64. The third-order valence-corrected chi connectivity index (χ3v) is 8.97. The highest BCUT2D eigenvalue weighted by atomic mass is 35.5. The predicted molar refractivity (Wildman–Crippen MR) is 158 cm³/mol. The van der Waals surface area contributed by atoms with Crippen LogP contribution in [0, 0.1) is 11.2 Å². The molecule has 10 heteroatoms. The van der Waals surface area contributed by atoms with E-state index in [1.807, 2.05) is 38.4 Å². The van der Waals surface area contributed by atoms with Crippen LogP contribution in [0.4, 0.5) is 10.2 Å². The first-order valence-corrected chi connectivity index (χ1v) is 14.5. The van der Waals surface area contributed by atoms with Gasteiger partial charge in [0, 0.05) is 42.0 Å². The summed E-state index contributed by atoms with van der Waals surface area (Å²) in [6.45, 7) is 2.47. The van der Waals surface area contributed by atoms with Gasteiger partial charge in [-0.05, 0) is 67.9 Å². The molecule has 3 aliphatic rings. The number of rotatable bonds is 7. The second-order valence-electron chi connectivity index (χ2n) is 12.2. The molecule has 8 nitrogen and oxygen atoms in total. The highest BCUT2D eigenvalue weighted by Gasteiger charge is 2.44. The Morgan fingerprint density at radius 3 is 2.71 bits per heavy atom. The fraction of sp³-hybridized carbons (Fsp3) is 0.419. The van der Waals surface area contributed by atoms with Gasteiger partial charge in [-0.25, -0.2) is 4.39 Å². The molecular formula is C31H33ClFN5O3. The largest absolute Gasteiger partial charge is 0.508 e. The van der Waals surface area contributed by atoms with Crippen molar-refractivity contribution in [3.8, 4) is 22.9 Å². The van der Waals surface area contributed by atoms with Crippen LogP contribution in [-0.2, 0) is 0 Å². The second kappa shape index (κ2) is 9.94. The van der Waals surface area contributed by atoms with Crippen molar-refractivity contribution in [3.05, 3.63) is 53.3 Å². The van der Waals surface area contributed by atoms with Crippen LogP contribution >= 0.6 is 11.6 Å². The summed E-state index contributed by atoms with van der Waals surface area (Å²) >= 11 is 6.83. The highest BCUT2D eigenvalue weighted by Crippen LogP contribution is 2.47. The molecule has 0 amide bonds. The van der Waals surface area contributed by atoms with Gasteiger partial charge in [-0.3, -0.25) is 0 Å². The molecule has 0 radical (unpaired) electrons. The Balaban J connectivity index is 1.37. The van der Waals surface area contributed by atoms with Gasteiger partial charge in [-0.2, -0.15) is 9.97 Å². The van der Waals surface area contributed by atoms with Crippen molar-refractivity contribution >= 4 is 39.1 Å². The highest BCUT2D eigenvalue weighted by molar-refractivity contribution is 6.35. The van der Waals surface area contributed by atoms with Gasteiger partial charge in [0.25, 0.3) is 0 Å². The quantitative estimate of drug-likeness (QED) is 0.294. The number of phenols is 1. The predicted octanol–water partition coefficient (Wildman–Crippen LogP) is 4.58. The van der Waals surface area contributed by atoms with Crippen LogP contribution in [0.25, 0.3) is 32.8 Å². The number of nitrogens with zero attached hydrogens (tertiary/aromatic N) is 4. The number of hydrogen-bond donors (Lipinski definition) is 3. The number of aromatic nitrogens is 2. The summed E-state index contributed by atoms with van der Waals surface area (Å²) in [4.78, 5) is 13.6. The van der Waals surface area contributed by atoms with Gasteiger partial charge in [-0.1, -0.05) is 35.9 Å². The van der Waals surface area contributed by atoms with Crippen LogP contribution < -0.4 is 15.0 Å². The van der Waals surface area contributed by atoms with E-state index in [-0.39, 0.29) is 45.4 Å². The molecule has 3 fully saturated rings. The fourth-order valence-corrected chi connectivity index (χ4v) is 6.91. The molecule has 3 aromatic carbocycles. The Hall–Kier alpha value is -3.24. The molecule has 1 aliphatic carbocycles. The number of piperazine rings is 1. The van der Waals surface area contributed by atoms with Crippen LogP contribution in [0.15, 0.2) is 42.5 Å². The first-order chi connectivity index (χ1) is 19.7. The molecule has 3 atom stereocenters. The maximum Gasteiger partial charge on any atom is 0.319 e. The lowest BCUT2D eigenvalue weighted by molar-refractivity contribution is 0.162. The Morgan fingerprint density at radius 1 is 1.15 bits per heavy atom. The third-order valence-electron chi connectivity index (χ3n) is 8.67. The lowest BCUT2D eigenvalue weighted by Gasteiger charge is -2.34. The minimum Gasteiger partial charge on any atom is -0.508 e. The van der Waals surface area contributed by atoms with Crippen LogP contribution in [0.1, 0.15) is 19.3 Å². The first-order valence-electron chi connectivity index (χ1n) is 14.1. The molecule has 2 aliphatic heterocycles. The zero-order chi connectivity index (χ0) is 28.5. The van der Waals surface area contributed by atoms with Gasteiger partial charge in [0.1, 0.15) is 17.1 Å². The molecule has 1 aromatic heterocycles. The Bertz CT molecular complexity index is 1660. The van der Waals surface area contributed by atoms with E-state index >= 15 is 4.39 Å². The summed E-state index contributed by atoms with van der Waals surface area (Å²) in [5.41, 5.74) is 0.813. The lowest BCUT2D eigenvalue weighted by atomic mass is 9.96. The molecule has 214 valence electrons. The number of fused-ring (bicyclic) bond motifs is 4. The van der Waals surface area contributed by atoms with Gasteiger partial charge in [-0.15, -0.1) is 0 Å². The number of halogens is 2. The number of aliphatic hydroxyl groups excluding tert-OH is 1. The summed E-state index contributed by atoms with van der Waals surface area (Å²) in [6.07, 6.45) is 2.33. The summed E-state index contributed by atoms with van der Waals surface area (Å²) in [5.74, 6) is -0.0300. The van der Waals surface area contributed by atoms with Gasteiger partial charge < -0.3 is 30.1 Å². The molecular weight excluding hydrogens is 545 g/mol. The number of aliphatic hydroxyl groups is 1. The summed E-state index contributed by atoms with van der Waals surface area (Å²) in [5, 5.41) is 26.6. The summed E-state index contributed by atoms with van der Waals surface area (Å²) < 4.78 is 22.9. The van der Waals surface area contributed by atoms with Crippen molar-refractivity contribution < 1.29 is 19.3 Å². The van der Waals surface area contributed by atoms with Crippen molar-refractivity contribution in [2.24, 2.45) is 5.41 Å². The molecule has 0 spiro atoms. The first kappa shape index (κ1) is 26.6. The SMILES string of the molecule is CN(C)CC1(COc2nc(N3CC4CC(O)[C@@H](C3)N4)c3cc(Cl)c(-c4cc(O)cc5ccccc45)c(F)c3n2)CC1. The molecule has 2 bridgehead atoms. The van der Waals surface area contributed by atoms with Crippen LogP contribution in [0.3, 0.4) is 0 Å². The maximum atomic E-state index is 16.7. The molecule has 3 heterocycles. The maximum absolute atomic E-state index is 16.7. The molecule has 41 heavy (non-hydrogen) atoms. The number of ether oxygens (including phenoxy) is 1. The van der Waals surface area contributed by atoms with E-state index < -0.39 is 11.9 Å². The van der Waals surface area contributed by atoms with E-state index in [2.05, 4.69) is 20.1 Å². The number of anilines is 1. The Kier molecular flexibility index (Phi) is 6.46. The van der Waals surface area contributed by atoms with Crippen LogP contribution in [-0.4, -0.2) is 83.6 Å². The van der Waals surface area contributed by atoms with Gasteiger partial charge >= 0.3 is 6.01 Å². The van der Waals surface area contributed by atoms with Crippen molar-refractivity contribution in [1.82, 2.24) is 20.2 Å². The zero-order valence-electron chi connectivity index (χ0n) is 23.1. The van der Waals surface area contributed by atoms with Crippen LogP contribution in [0.5, 0.6) is 11.8 Å². The van der Waals surface area contributed by atoms with Crippen molar-refractivity contribution in [1.29, 1.82) is 0 Å². The number of nitrogens with one attached hydrogen (secondary N) is 1. The van der Waals surface area contributed by atoms with E-state index in [0.717, 1.165) is 30.2 Å². The average molecular weight is 578 g/mol. The van der Waals surface area contributed by atoms with E-state index in [0.29, 0.717) is 42.9 Å². The number of aromatic hydroxyl groups is 1. The summed E-state index contributed by atoms with van der Waals surface area (Å²) in [6, 6.07) is 12.5. The van der Waals surface area contributed by atoms with Crippen molar-refractivity contribution in [3.63, 3.8) is 0 Å². The van der Waals surface area contributed by atoms with E-state index in [1.165, 1.54) is 6.07 Å². The smallest absolute Gasteiger partial charge is 0.319 e. The zero-order valence-corrected chi connectivity index (χ0v) is 23.8. The second-order valence-corrected chi connectivity index (χ2v) is 12.6. The lowest BCUT2D eigenvalue weighted by Crippen LogP contribution is -2.53. The van der Waals surface area contributed by atoms with Crippen molar-refractivity contribution in [2.45, 2.75) is 37.5 Å². The Morgan fingerprint density at radius 2 is 1.95 bits per heavy atom. The molecule has 3 N–H and O–H groups in total. The Labute approximate surface area is 242 Å². The molecule has 1 saturated carbocycles. The molecule has 2 unspecified atom stereocenters. The molecule has 2 saturated heterocycles. The number of hydrogen-bond acceptors (Lipinski definition) is 8.